The third-order valence-electron chi connectivity index (χ3n) is 5.20. The predicted molar refractivity (Wildman–Crippen MR) is 120 cm³/mol. The van der Waals surface area contributed by atoms with Gasteiger partial charge in [0.05, 0.1) is 19.3 Å². The minimum atomic E-state index is -0.636. The summed E-state index contributed by atoms with van der Waals surface area (Å²) in [6, 6.07) is 18.9. The van der Waals surface area contributed by atoms with E-state index in [9.17, 15) is 9.59 Å². The van der Waals surface area contributed by atoms with Crippen LogP contribution in [-0.4, -0.2) is 36.5 Å². The molecule has 0 saturated carbocycles. The molecule has 2 aromatic carbocycles. The lowest BCUT2D eigenvalue weighted by molar-refractivity contribution is -0.134. The van der Waals surface area contributed by atoms with Gasteiger partial charge in [-0.15, -0.1) is 11.3 Å². The summed E-state index contributed by atoms with van der Waals surface area (Å²) in [5, 5.41) is 1.99. The second kappa shape index (κ2) is 9.22. The van der Waals surface area contributed by atoms with Crippen LogP contribution in [0.5, 0.6) is 11.5 Å². The van der Waals surface area contributed by atoms with Gasteiger partial charge < -0.3 is 14.4 Å². The average molecular weight is 437 g/mol. The number of hydrogen-bond acceptors (Lipinski definition) is 5. The van der Waals surface area contributed by atoms with E-state index in [1.165, 1.54) is 4.90 Å². The van der Waals surface area contributed by atoms with Crippen LogP contribution >= 0.6 is 11.3 Å². The molecule has 1 aliphatic heterocycles. The molecule has 0 aliphatic carbocycles. The summed E-state index contributed by atoms with van der Waals surface area (Å²) >= 11 is 1.60. The number of hydrogen-bond donors (Lipinski definition) is 0. The Hall–Kier alpha value is -3.32. The summed E-state index contributed by atoms with van der Waals surface area (Å²) < 4.78 is 11.2. The standard InChI is InChI=1S/C24H24N2O4S/c1-17-24(28)26(20-10-4-6-12-22(20)30-17)16-23(27)25(15-19-9-7-13-31-19)14-18-8-3-5-11-21(18)29-2/h3-13,17H,14-16H2,1-2H3/t17-/m0/s1. The van der Waals surface area contributed by atoms with Crippen LogP contribution in [0, 0.1) is 0 Å². The van der Waals surface area contributed by atoms with E-state index >= 15 is 0 Å². The second-order valence-corrected chi connectivity index (χ2v) is 8.33. The van der Waals surface area contributed by atoms with Gasteiger partial charge >= 0.3 is 0 Å². The Balaban J connectivity index is 1.60. The van der Waals surface area contributed by atoms with E-state index in [2.05, 4.69) is 0 Å². The zero-order valence-corrected chi connectivity index (χ0v) is 18.3. The molecule has 0 N–H and O–H groups in total. The van der Waals surface area contributed by atoms with Crippen molar-refractivity contribution in [1.29, 1.82) is 0 Å². The van der Waals surface area contributed by atoms with E-state index in [-0.39, 0.29) is 18.4 Å². The molecule has 2 heterocycles. The summed E-state index contributed by atoms with van der Waals surface area (Å²) in [4.78, 5) is 30.7. The minimum absolute atomic E-state index is 0.0515. The number of rotatable bonds is 7. The van der Waals surface area contributed by atoms with Crippen molar-refractivity contribution in [3.8, 4) is 11.5 Å². The molecule has 6 nitrogen and oxygen atoms in total. The maximum Gasteiger partial charge on any atom is 0.268 e. The van der Waals surface area contributed by atoms with Crippen LogP contribution < -0.4 is 14.4 Å². The van der Waals surface area contributed by atoms with Gasteiger partial charge in [0, 0.05) is 17.0 Å². The number of carbonyl (C=O) groups excluding carboxylic acids is 2. The number of thiophene rings is 1. The van der Waals surface area contributed by atoms with Crippen molar-refractivity contribution in [2.75, 3.05) is 18.6 Å². The summed E-state index contributed by atoms with van der Waals surface area (Å²) in [5.41, 5.74) is 1.53. The lowest BCUT2D eigenvalue weighted by Gasteiger charge is -2.34. The Morgan fingerprint density at radius 3 is 2.65 bits per heavy atom. The van der Waals surface area contributed by atoms with Gasteiger partial charge in [0.1, 0.15) is 18.0 Å². The highest BCUT2D eigenvalue weighted by molar-refractivity contribution is 7.09. The lowest BCUT2D eigenvalue weighted by Crippen LogP contribution is -2.49. The van der Waals surface area contributed by atoms with Crippen LogP contribution in [0.25, 0.3) is 0 Å². The smallest absolute Gasteiger partial charge is 0.268 e. The molecule has 1 aliphatic rings. The zero-order chi connectivity index (χ0) is 21.8. The quantitative estimate of drug-likeness (QED) is 0.560. The second-order valence-electron chi connectivity index (χ2n) is 7.29. The maximum atomic E-state index is 13.5. The van der Waals surface area contributed by atoms with Gasteiger partial charge in [-0.3, -0.25) is 14.5 Å². The monoisotopic (exact) mass is 436 g/mol. The SMILES string of the molecule is COc1ccccc1CN(Cc1cccs1)C(=O)CN1C(=O)[C@H](C)Oc2ccccc21. The minimum Gasteiger partial charge on any atom is -0.496 e. The molecular weight excluding hydrogens is 412 g/mol. The largest absolute Gasteiger partial charge is 0.496 e. The van der Waals surface area contributed by atoms with Crippen molar-refractivity contribution < 1.29 is 19.1 Å². The number of methoxy groups -OCH3 is 1. The fourth-order valence-electron chi connectivity index (χ4n) is 3.62. The van der Waals surface area contributed by atoms with Crippen molar-refractivity contribution in [2.45, 2.75) is 26.1 Å². The highest BCUT2D eigenvalue weighted by atomic mass is 32.1. The molecule has 31 heavy (non-hydrogen) atoms. The van der Waals surface area contributed by atoms with E-state index in [1.807, 2.05) is 60.0 Å². The van der Waals surface area contributed by atoms with Gasteiger partial charge in [-0.1, -0.05) is 36.4 Å². The molecule has 0 bridgehead atoms. The van der Waals surface area contributed by atoms with E-state index in [4.69, 9.17) is 9.47 Å². The van der Waals surface area contributed by atoms with E-state index in [0.29, 0.717) is 24.5 Å². The Kier molecular flexibility index (Phi) is 6.23. The number of ether oxygens (including phenoxy) is 2. The highest BCUT2D eigenvalue weighted by Gasteiger charge is 2.33. The van der Waals surface area contributed by atoms with Crippen LogP contribution in [-0.2, 0) is 22.7 Å². The van der Waals surface area contributed by atoms with Crippen molar-refractivity contribution in [3.05, 3.63) is 76.5 Å². The molecule has 1 aromatic heterocycles. The fraction of sp³-hybridized carbons (Fsp3) is 0.250. The number of carbonyl (C=O) groups is 2. The van der Waals surface area contributed by atoms with E-state index < -0.39 is 6.10 Å². The summed E-state index contributed by atoms with van der Waals surface area (Å²) in [7, 11) is 1.62. The first-order chi connectivity index (χ1) is 15.1. The van der Waals surface area contributed by atoms with Crippen LogP contribution in [0.2, 0.25) is 0 Å². The van der Waals surface area contributed by atoms with Crippen LogP contribution in [0.1, 0.15) is 17.4 Å². The molecular formula is C24H24N2O4S. The van der Waals surface area contributed by atoms with Gasteiger partial charge in [-0.25, -0.2) is 0 Å². The first-order valence-electron chi connectivity index (χ1n) is 10.1. The number of para-hydroxylation sites is 3. The molecule has 0 unspecified atom stereocenters. The molecule has 0 spiro atoms. The van der Waals surface area contributed by atoms with Crippen LogP contribution in [0.3, 0.4) is 0 Å². The molecule has 7 heteroatoms. The zero-order valence-electron chi connectivity index (χ0n) is 17.5. The van der Waals surface area contributed by atoms with Gasteiger partial charge in [-0.2, -0.15) is 0 Å². The maximum absolute atomic E-state index is 13.5. The van der Waals surface area contributed by atoms with Gasteiger partial charge in [0.25, 0.3) is 5.91 Å². The summed E-state index contributed by atoms with van der Waals surface area (Å²) in [5.74, 6) is 0.974. The fourth-order valence-corrected chi connectivity index (χ4v) is 4.34. The topological polar surface area (TPSA) is 59.1 Å². The molecule has 3 aromatic rings. The number of amides is 2. The molecule has 1 atom stereocenters. The molecule has 2 amide bonds. The van der Waals surface area contributed by atoms with E-state index in [0.717, 1.165) is 16.2 Å². The van der Waals surface area contributed by atoms with Crippen LogP contribution in [0.4, 0.5) is 5.69 Å². The van der Waals surface area contributed by atoms with Gasteiger partial charge in [0.2, 0.25) is 5.91 Å². The normalized spacial score (nSPS) is 15.2. The summed E-state index contributed by atoms with van der Waals surface area (Å²) in [6.45, 7) is 2.50. The van der Waals surface area contributed by atoms with Crippen molar-refractivity contribution in [1.82, 2.24) is 4.90 Å². The Bertz CT molecular complexity index is 1070. The number of nitrogens with zero attached hydrogens (tertiary/aromatic N) is 2. The lowest BCUT2D eigenvalue weighted by atomic mass is 10.1. The van der Waals surface area contributed by atoms with Crippen molar-refractivity contribution in [3.63, 3.8) is 0 Å². The molecule has 0 fully saturated rings. The summed E-state index contributed by atoms with van der Waals surface area (Å²) in [6.07, 6.45) is -0.636. The highest BCUT2D eigenvalue weighted by Crippen LogP contribution is 2.33. The molecule has 4 rings (SSSR count). The van der Waals surface area contributed by atoms with Crippen molar-refractivity contribution >= 4 is 28.8 Å². The Morgan fingerprint density at radius 2 is 1.87 bits per heavy atom. The third kappa shape index (κ3) is 4.56. The number of anilines is 1. The first-order valence-corrected chi connectivity index (χ1v) is 10.9. The van der Waals surface area contributed by atoms with E-state index in [1.54, 1.807) is 36.3 Å². The first kappa shape index (κ1) is 20.9. The molecule has 160 valence electrons. The van der Waals surface area contributed by atoms with Crippen LogP contribution in [0.15, 0.2) is 66.0 Å². The predicted octanol–water partition coefficient (Wildman–Crippen LogP) is 4.10. The number of fused-ring (bicyclic) bond motifs is 1. The number of benzene rings is 2. The average Bonchev–Trinajstić information content (AvgIpc) is 3.30. The molecule has 0 radical (unpaired) electrons. The third-order valence-corrected chi connectivity index (χ3v) is 6.06. The molecule has 0 saturated heterocycles. The van der Waals surface area contributed by atoms with Crippen molar-refractivity contribution in [2.24, 2.45) is 0 Å². The van der Waals surface area contributed by atoms with Gasteiger partial charge in [0.15, 0.2) is 6.10 Å². The Labute approximate surface area is 185 Å². The Morgan fingerprint density at radius 1 is 1.10 bits per heavy atom. The van der Waals surface area contributed by atoms with Gasteiger partial charge in [-0.05, 0) is 36.6 Å².